The van der Waals surface area contributed by atoms with Crippen LogP contribution in [0.3, 0.4) is 0 Å². The molecule has 0 aliphatic rings. The van der Waals surface area contributed by atoms with Crippen molar-refractivity contribution in [2.75, 3.05) is 20.2 Å². The average Bonchev–Trinajstić information content (AvgIpc) is 3.28. The molecule has 2 heterocycles. The van der Waals surface area contributed by atoms with Gasteiger partial charge in [0.05, 0.1) is 18.3 Å². The lowest BCUT2D eigenvalue weighted by Gasteiger charge is -2.18. The molecule has 2 aromatic heterocycles. The Hall–Kier alpha value is -1.93. The van der Waals surface area contributed by atoms with Crippen LogP contribution in [-0.2, 0) is 11.2 Å². The molecule has 2 aromatic rings. The molecule has 2 N–H and O–H groups in total. The molecule has 148 valence electrons. The molecule has 0 aliphatic carbocycles. The summed E-state index contributed by atoms with van der Waals surface area (Å²) in [5.74, 6) is 0.914. The second-order valence-corrected chi connectivity index (χ2v) is 8.46. The second kappa shape index (κ2) is 10.4. The number of aliphatic imine (C=N–C) groups is 1. The molecule has 0 saturated heterocycles. The number of rotatable bonds is 8. The van der Waals surface area contributed by atoms with E-state index < -0.39 is 0 Å². The first-order valence-electron chi connectivity index (χ1n) is 9.08. The molecule has 8 heteroatoms. The number of hydrogen-bond donors (Lipinski definition) is 2. The van der Waals surface area contributed by atoms with E-state index in [2.05, 4.69) is 45.0 Å². The number of aryl methyl sites for hydroxylation is 1. The first kappa shape index (κ1) is 21.4. The summed E-state index contributed by atoms with van der Waals surface area (Å²) in [7, 11) is 1.75. The highest BCUT2D eigenvalue weighted by atomic mass is 32.1. The van der Waals surface area contributed by atoms with Crippen molar-refractivity contribution < 1.29 is 9.53 Å². The summed E-state index contributed by atoms with van der Waals surface area (Å²) < 4.78 is 5.09. The molecule has 2 atom stereocenters. The van der Waals surface area contributed by atoms with Gasteiger partial charge in [0.2, 0.25) is 0 Å². The number of thiazole rings is 1. The first-order chi connectivity index (χ1) is 12.9. The Morgan fingerprint density at radius 1 is 1.41 bits per heavy atom. The van der Waals surface area contributed by atoms with Gasteiger partial charge in [-0.2, -0.15) is 0 Å². The summed E-state index contributed by atoms with van der Waals surface area (Å²) >= 11 is 3.16. The highest BCUT2D eigenvalue weighted by Gasteiger charge is 2.20. The highest BCUT2D eigenvalue weighted by molar-refractivity contribution is 7.13. The van der Waals surface area contributed by atoms with Crippen molar-refractivity contribution in [1.29, 1.82) is 0 Å². The van der Waals surface area contributed by atoms with Crippen molar-refractivity contribution in [3.05, 3.63) is 38.0 Å². The number of ether oxygens (including phenoxy) is 1. The molecule has 2 rings (SSSR count). The minimum absolute atomic E-state index is 0.0596. The quantitative estimate of drug-likeness (QED) is 0.395. The van der Waals surface area contributed by atoms with E-state index in [1.165, 1.54) is 16.2 Å². The van der Waals surface area contributed by atoms with E-state index in [0.717, 1.165) is 23.9 Å². The van der Waals surface area contributed by atoms with E-state index in [0.29, 0.717) is 23.1 Å². The Morgan fingerprint density at radius 2 is 2.19 bits per heavy atom. The van der Waals surface area contributed by atoms with Crippen molar-refractivity contribution in [1.82, 2.24) is 15.6 Å². The molecule has 0 radical (unpaired) electrons. The fraction of sp³-hybridized carbons (Fsp3) is 0.526. The maximum absolute atomic E-state index is 12.0. The topological polar surface area (TPSA) is 75.6 Å². The molecule has 0 fully saturated rings. The van der Waals surface area contributed by atoms with Gasteiger partial charge in [0.25, 0.3) is 0 Å². The molecule has 0 saturated carbocycles. The molecule has 27 heavy (non-hydrogen) atoms. The van der Waals surface area contributed by atoms with Gasteiger partial charge in [-0.25, -0.2) is 9.78 Å². The number of aromatic nitrogens is 1. The van der Waals surface area contributed by atoms with Gasteiger partial charge in [-0.05, 0) is 44.6 Å². The van der Waals surface area contributed by atoms with E-state index in [9.17, 15) is 4.79 Å². The molecule has 0 spiro atoms. The van der Waals surface area contributed by atoms with Gasteiger partial charge in [-0.3, -0.25) is 4.99 Å². The summed E-state index contributed by atoms with van der Waals surface area (Å²) in [5.41, 5.74) is 0.703. The number of guanidine groups is 1. The van der Waals surface area contributed by atoms with Gasteiger partial charge in [-0.15, -0.1) is 22.7 Å². The molecule has 2 unspecified atom stereocenters. The summed E-state index contributed by atoms with van der Waals surface area (Å²) in [6.45, 7) is 9.05. The lowest BCUT2D eigenvalue weighted by molar-refractivity contribution is 0.0531. The minimum atomic E-state index is -0.309. The number of thiophene rings is 1. The maximum atomic E-state index is 12.0. The van der Waals surface area contributed by atoms with E-state index >= 15 is 0 Å². The van der Waals surface area contributed by atoms with Crippen LogP contribution in [0.4, 0.5) is 0 Å². The maximum Gasteiger partial charge on any atom is 0.350 e. The molecule has 0 aromatic carbocycles. The third-order valence-electron chi connectivity index (χ3n) is 3.97. The first-order valence-corrected chi connectivity index (χ1v) is 10.8. The van der Waals surface area contributed by atoms with Gasteiger partial charge in [0.15, 0.2) is 5.96 Å². The minimum Gasteiger partial charge on any atom is -0.462 e. The molecule has 0 bridgehead atoms. The number of carbonyl (C=O) groups is 1. The van der Waals surface area contributed by atoms with Crippen LogP contribution in [0, 0.1) is 12.8 Å². The Kier molecular flexibility index (Phi) is 8.24. The fourth-order valence-electron chi connectivity index (χ4n) is 2.57. The third-order valence-corrected chi connectivity index (χ3v) is 6.19. The Morgan fingerprint density at radius 3 is 2.81 bits per heavy atom. The van der Waals surface area contributed by atoms with E-state index in [1.54, 1.807) is 25.3 Å². The van der Waals surface area contributed by atoms with Crippen molar-refractivity contribution in [3.63, 3.8) is 0 Å². The summed E-state index contributed by atoms with van der Waals surface area (Å²) in [6, 6.07) is 4.20. The van der Waals surface area contributed by atoms with Crippen LogP contribution in [0.1, 0.15) is 52.1 Å². The van der Waals surface area contributed by atoms with Crippen LogP contribution in [0.25, 0.3) is 0 Å². The van der Waals surface area contributed by atoms with Crippen LogP contribution in [0.15, 0.2) is 22.5 Å². The van der Waals surface area contributed by atoms with E-state index in [4.69, 9.17) is 4.74 Å². The lowest BCUT2D eigenvalue weighted by Crippen LogP contribution is -2.40. The molecular weight excluding hydrogens is 380 g/mol. The van der Waals surface area contributed by atoms with Crippen molar-refractivity contribution in [2.24, 2.45) is 10.9 Å². The number of esters is 1. The van der Waals surface area contributed by atoms with Crippen LogP contribution >= 0.6 is 22.7 Å². The zero-order chi connectivity index (χ0) is 19.8. The van der Waals surface area contributed by atoms with Crippen molar-refractivity contribution in [3.8, 4) is 0 Å². The third kappa shape index (κ3) is 6.32. The molecule has 0 amide bonds. The molecule has 0 aliphatic heterocycles. The van der Waals surface area contributed by atoms with Gasteiger partial charge in [0, 0.05) is 18.5 Å². The molecular formula is C19H28N4O2S2. The van der Waals surface area contributed by atoms with E-state index in [1.807, 2.05) is 13.8 Å². The smallest absolute Gasteiger partial charge is 0.350 e. The lowest BCUT2D eigenvalue weighted by atomic mass is 10.1. The zero-order valence-electron chi connectivity index (χ0n) is 16.5. The van der Waals surface area contributed by atoms with E-state index in [-0.39, 0.29) is 12.0 Å². The highest BCUT2D eigenvalue weighted by Crippen LogP contribution is 2.24. The SMILES string of the molecule is CCOC(=O)c1sc(C(C)NC(=NC)NCC(C)Cc2cccs2)nc1C. The Labute approximate surface area is 169 Å². The zero-order valence-corrected chi connectivity index (χ0v) is 18.2. The Bertz CT molecular complexity index is 756. The second-order valence-electron chi connectivity index (χ2n) is 6.39. The molecule has 6 nitrogen and oxygen atoms in total. The summed E-state index contributed by atoms with van der Waals surface area (Å²) in [6.07, 6.45) is 1.05. The largest absolute Gasteiger partial charge is 0.462 e. The average molecular weight is 409 g/mol. The summed E-state index contributed by atoms with van der Waals surface area (Å²) in [4.78, 5) is 22.8. The number of hydrogen-bond acceptors (Lipinski definition) is 6. The number of nitrogens with zero attached hydrogens (tertiary/aromatic N) is 2. The van der Waals surface area contributed by atoms with Crippen LogP contribution in [0.2, 0.25) is 0 Å². The van der Waals surface area contributed by atoms with Gasteiger partial charge < -0.3 is 15.4 Å². The predicted octanol–water partition coefficient (Wildman–Crippen LogP) is 3.79. The van der Waals surface area contributed by atoms with Crippen molar-refractivity contribution in [2.45, 2.75) is 40.2 Å². The number of nitrogens with one attached hydrogen (secondary N) is 2. The fourth-order valence-corrected chi connectivity index (χ4v) is 4.40. The van der Waals surface area contributed by atoms with Crippen LogP contribution < -0.4 is 10.6 Å². The predicted molar refractivity (Wildman–Crippen MR) is 113 cm³/mol. The van der Waals surface area contributed by atoms with Gasteiger partial charge in [0.1, 0.15) is 9.88 Å². The number of carbonyl (C=O) groups excluding carboxylic acids is 1. The van der Waals surface area contributed by atoms with Crippen molar-refractivity contribution >= 4 is 34.6 Å². The standard InChI is InChI=1S/C19H28N4O2S2/c1-6-25-18(24)16-13(3)22-17(27-16)14(4)23-19(20-5)21-11-12(2)10-15-8-7-9-26-15/h7-9,12,14H,6,10-11H2,1-5H3,(H2,20,21,23). The van der Waals surface area contributed by atoms with Crippen LogP contribution in [0.5, 0.6) is 0 Å². The summed E-state index contributed by atoms with van der Waals surface area (Å²) in [5, 5.41) is 9.67. The monoisotopic (exact) mass is 408 g/mol. The Balaban J connectivity index is 1.90. The van der Waals surface area contributed by atoms with Crippen LogP contribution in [-0.4, -0.2) is 37.1 Å². The van der Waals surface area contributed by atoms with Gasteiger partial charge >= 0.3 is 5.97 Å². The normalized spacial score (nSPS) is 13.9. The van der Waals surface area contributed by atoms with Gasteiger partial charge in [-0.1, -0.05) is 13.0 Å².